The maximum absolute atomic E-state index is 11.3. The van der Waals surface area contributed by atoms with Gasteiger partial charge in [-0.1, -0.05) is 0 Å². The fourth-order valence-corrected chi connectivity index (χ4v) is 3.15. The summed E-state index contributed by atoms with van der Waals surface area (Å²) in [6, 6.07) is 0.320. The van der Waals surface area contributed by atoms with Crippen LogP contribution in [0.4, 0.5) is 0 Å². The Morgan fingerprint density at radius 1 is 1.47 bits per heavy atom. The Bertz CT molecular complexity index is 404. The molecule has 0 amide bonds. The Labute approximate surface area is 106 Å². The monoisotopic (exact) mass is 253 g/mol. The van der Waals surface area contributed by atoms with E-state index in [2.05, 4.69) is 28.9 Å². The molecule has 4 nitrogen and oxygen atoms in total. The van der Waals surface area contributed by atoms with E-state index < -0.39 is 0 Å². The number of carbonyl (C=O) groups excluding carboxylic acids is 1. The van der Waals surface area contributed by atoms with E-state index in [0.717, 1.165) is 24.6 Å². The van der Waals surface area contributed by atoms with Gasteiger partial charge < -0.3 is 4.90 Å². The van der Waals surface area contributed by atoms with E-state index in [9.17, 15) is 4.79 Å². The quantitative estimate of drug-likeness (QED) is 0.751. The number of nitrogens with zero attached hydrogens (tertiary/aromatic N) is 3. The molecule has 1 aliphatic rings. The molecule has 0 bridgehead atoms. The largest absolute Gasteiger partial charge is 0.304 e. The van der Waals surface area contributed by atoms with Crippen molar-refractivity contribution in [3.63, 3.8) is 0 Å². The highest BCUT2D eigenvalue weighted by atomic mass is 32.1. The summed E-state index contributed by atoms with van der Waals surface area (Å²) in [5.74, 6) is 0.0529. The van der Waals surface area contributed by atoms with E-state index in [0.29, 0.717) is 11.7 Å². The lowest BCUT2D eigenvalue weighted by Gasteiger charge is -2.25. The van der Waals surface area contributed by atoms with Crippen LogP contribution in [0.1, 0.15) is 34.9 Å². The molecule has 1 aromatic heterocycles. The molecule has 1 fully saturated rings. The van der Waals surface area contributed by atoms with Gasteiger partial charge in [0.15, 0.2) is 5.78 Å². The second-order valence-corrected chi connectivity index (χ2v) is 5.63. The Hall–Kier alpha value is -0.780. The van der Waals surface area contributed by atoms with Crippen molar-refractivity contribution in [1.29, 1.82) is 0 Å². The summed E-state index contributed by atoms with van der Waals surface area (Å²) in [7, 11) is 4.28. The highest BCUT2D eigenvalue weighted by Crippen LogP contribution is 2.26. The number of thiazole rings is 1. The fraction of sp³-hybridized carbons (Fsp3) is 0.667. The maximum atomic E-state index is 11.3. The molecular formula is C12H19N3OS. The van der Waals surface area contributed by atoms with Gasteiger partial charge in [-0.25, -0.2) is 4.98 Å². The van der Waals surface area contributed by atoms with Gasteiger partial charge in [-0.3, -0.25) is 9.69 Å². The van der Waals surface area contributed by atoms with Crippen molar-refractivity contribution in [2.75, 3.05) is 33.7 Å². The minimum atomic E-state index is 0.0529. The lowest BCUT2D eigenvalue weighted by molar-refractivity contribution is 0.101. The predicted octanol–water partition coefficient (Wildman–Crippen LogP) is 1.65. The van der Waals surface area contributed by atoms with E-state index >= 15 is 0 Å². The Balaban J connectivity index is 2.20. The van der Waals surface area contributed by atoms with E-state index in [-0.39, 0.29) is 5.78 Å². The van der Waals surface area contributed by atoms with Crippen molar-refractivity contribution in [3.05, 3.63) is 16.1 Å². The average Bonchev–Trinajstić information content (AvgIpc) is 2.68. The average molecular weight is 253 g/mol. The van der Waals surface area contributed by atoms with Crippen LogP contribution in [0.25, 0.3) is 0 Å². The minimum Gasteiger partial charge on any atom is -0.304 e. The third kappa shape index (κ3) is 2.91. The molecule has 17 heavy (non-hydrogen) atoms. The van der Waals surface area contributed by atoms with Crippen molar-refractivity contribution in [3.8, 4) is 0 Å². The van der Waals surface area contributed by atoms with Crippen LogP contribution in [0.15, 0.2) is 5.38 Å². The van der Waals surface area contributed by atoms with Gasteiger partial charge in [0.1, 0.15) is 10.7 Å². The van der Waals surface area contributed by atoms with Crippen LogP contribution in [-0.2, 0) is 0 Å². The molecule has 0 N–H and O–H groups in total. The molecule has 0 spiro atoms. The zero-order valence-electron chi connectivity index (χ0n) is 10.6. The summed E-state index contributed by atoms with van der Waals surface area (Å²) in [5.41, 5.74) is 0.602. The van der Waals surface area contributed by atoms with Crippen LogP contribution in [-0.4, -0.2) is 54.3 Å². The summed E-state index contributed by atoms with van der Waals surface area (Å²) in [5, 5.41) is 2.93. The molecule has 0 aliphatic carbocycles. The third-order valence-electron chi connectivity index (χ3n) is 3.24. The number of carbonyl (C=O) groups is 1. The SMILES string of the molecule is CC(=O)c1csc(C2CN(C)CCCN2C)n1. The molecule has 1 unspecified atom stereocenters. The van der Waals surface area contributed by atoms with E-state index in [4.69, 9.17) is 0 Å². The lowest BCUT2D eigenvalue weighted by atomic mass is 10.2. The zero-order valence-corrected chi connectivity index (χ0v) is 11.5. The highest BCUT2D eigenvalue weighted by Gasteiger charge is 2.24. The first-order chi connectivity index (χ1) is 8.08. The van der Waals surface area contributed by atoms with Gasteiger partial charge in [0.25, 0.3) is 0 Å². The molecule has 94 valence electrons. The van der Waals surface area contributed by atoms with Crippen LogP contribution < -0.4 is 0 Å². The summed E-state index contributed by atoms with van der Waals surface area (Å²) < 4.78 is 0. The van der Waals surface area contributed by atoms with Gasteiger partial charge >= 0.3 is 0 Å². The van der Waals surface area contributed by atoms with Gasteiger partial charge in [0, 0.05) is 18.8 Å². The fourth-order valence-electron chi connectivity index (χ4n) is 2.14. The number of hydrogen-bond donors (Lipinski definition) is 0. The second-order valence-electron chi connectivity index (χ2n) is 4.74. The van der Waals surface area contributed by atoms with Crippen molar-refractivity contribution >= 4 is 17.1 Å². The number of aromatic nitrogens is 1. The Morgan fingerprint density at radius 3 is 2.88 bits per heavy atom. The Kier molecular flexibility index (Phi) is 3.91. The van der Waals surface area contributed by atoms with Gasteiger partial charge in [-0.05, 0) is 33.6 Å². The zero-order chi connectivity index (χ0) is 12.4. The summed E-state index contributed by atoms with van der Waals surface area (Å²) >= 11 is 1.60. The molecule has 1 aromatic rings. The van der Waals surface area contributed by atoms with E-state index in [1.54, 1.807) is 18.3 Å². The maximum Gasteiger partial charge on any atom is 0.178 e. The summed E-state index contributed by atoms with van der Waals surface area (Å²) in [4.78, 5) is 20.4. The molecule has 1 saturated heterocycles. The molecule has 2 rings (SSSR count). The molecule has 5 heteroatoms. The molecule has 0 radical (unpaired) electrons. The van der Waals surface area contributed by atoms with Crippen LogP contribution in [0.5, 0.6) is 0 Å². The van der Waals surface area contributed by atoms with Crippen LogP contribution >= 0.6 is 11.3 Å². The number of Topliss-reactive ketones (excluding diaryl/α,β-unsaturated/α-hetero) is 1. The highest BCUT2D eigenvalue weighted by molar-refractivity contribution is 7.09. The first kappa shape index (κ1) is 12.7. The van der Waals surface area contributed by atoms with E-state index in [1.807, 2.05) is 5.38 Å². The van der Waals surface area contributed by atoms with Crippen LogP contribution in [0, 0.1) is 0 Å². The molecule has 2 heterocycles. The first-order valence-corrected chi connectivity index (χ1v) is 6.81. The van der Waals surface area contributed by atoms with Crippen molar-refractivity contribution < 1.29 is 4.79 Å². The standard InChI is InChI=1S/C12H19N3OS/c1-9(16)10-8-17-12(13-10)11-7-14(2)5-4-6-15(11)3/h8,11H,4-7H2,1-3H3. The molecule has 1 aliphatic heterocycles. The van der Waals surface area contributed by atoms with Gasteiger partial charge in [-0.2, -0.15) is 0 Å². The number of ketones is 1. The van der Waals surface area contributed by atoms with Gasteiger partial charge in [-0.15, -0.1) is 11.3 Å². The topological polar surface area (TPSA) is 36.4 Å². The third-order valence-corrected chi connectivity index (χ3v) is 4.18. The number of likely N-dealkylation sites (N-methyl/N-ethyl adjacent to an activating group) is 2. The normalized spacial score (nSPS) is 23.6. The van der Waals surface area contributed by atoms with Gasteiger partial charge in [0.2, 0.25) is 0 Å². The molecule has 0 saturated carbocycles. The molecule has 1 atom stereocenters. The molecule has 0 aromatic carbocycles. The number of rotatable bonds is 2. The predicted molar refractivity (Wildman–Crippen MR) is 69.6 cm³/mol. The van der Waals surface area contributed by atoms with Crippen LogP contribution in [0.2, 0.25) is 0 Å². The lowest BCUT2D eigenvalue weighted by Crippen LogP contribution is -2.30. The second kappa shape index (κ2) is 5.25. The summed E-state index contributed by atoms with van der Waals surface area (Å²) in [6.45, 7) is 4.78. The smallest absolute Gasteiger partial charge is 0.178 e. The van der Waals surface area contributed by atoms with Crippen molar-refractivity contribution in [2.24, 2.45) is 0 Å². The van der Waals surface area contributed by atoms with Crippen molar-refractivity contribution in [2.45, 2.75) is 19.4 Å². The van der Waals surface area contributed by atoms with Crippen LogP contribution in [0.3, 0.4) is 0 Å². The first-order valence-electron chi connectivity index (χ1n) is 5.93. The summed E-state index contributed by atoms with van der Waals surface area (Å²) in [6.07, 6.45) is 1.19. The van der Waals surface area contributed by atoms with Crippen molar-refractivity contribution in [1.82, 2.24) is 14.8 Å². The molecular weight excluding hydrogens is 234 g/mol. The number of hydrogen-bond acceptors (Lipinski definition) is 5. The van der Waals surface area contributed by atoms with E-state index in [1.165, 1.54) is 6.42 Å². The minimum absolute atomic E-state index is 0.0529. The van der Waals surface area contributed by atoms with Gasteiger partial charge in [0.05, 0.1) is 6.04 Å². The Morgan fingerprint density at radius 2 is 2.24 bits per heavy atom.